The molecule has 3 aromatic heterocycles. The number of hydrogen-bond acceptors (Lipinski definition) is 7. The van der Waals surface area contributed by atoms with Crippen LogP contribution in [0.15, 0.2) is 44.4 Å². The Labute approximate surface area is 210 Å². The molecule has 0 bridgehead atoms. The van der Waals surface area contributed by atoms with Gasteiger partial charge in [0.15, 0.2) is 17.0 Å². The summed E-state index contributed by atoms with van der Waals surface area (Å²) >= 11 is 0. The van der Waals surface area contributed by atoms with Crippen LogP contribution in [0.4, 0.5) is 10.1 Å². The zero-order valence-corrected chi connectivity index (χ0v) is 20.6. The standard InChI is InChI=1S/C25H27FN6O5/c1-3-8-30-23-21(24(34)31(9-4-2)25(30)35)27-22(28-23)18-12-19(29-37-18)36-14-15-10-20(33)32(13-15)17-7-5-6-16(26)11-17/h5-7,11-12,15H,3-4,8-10,13-14H2,1-2H3,(H,27,28). The van der Waals surface area contributed by atoms with E-state index in [1.165, 1.54) is 27.3 Å². The molecule has 1 N–H and O–H groups in total. The number of nitrogens with zero attached hydrogens (tertiary/aromatic N) is 5. The molecule has 1 aliphatic rings. The van der Waals surface area contributed by atoms with Crippen molar-refractivity contribution in [2.45, 2.75) is 46.2 Å². The molecule has 11 nitrogen and oxygen atoms in total. The van der Waals surface area contributed by atoms with Gasteiger partial charge in [-0.15, -0.1) is 0 Å². The maximum atomic E-state index is 13.6. The topological polar surface area (TPSA) is 128 Å². The van der Waals surface area contributed by atoms with E-state index in [0.29, 0.717) is 38.2 Å². The van der Waals surface area contributed by atoms with Crippen molar-refractivity contribution in [2.24, 2.45) is 5.92 Å². The molecular formula is C25H27FN6O5. The summed E-state index contributed by atoms with van der Waals surface area (Å²) in [5.41, 5.74) is 0.176. The smallest absolute Gasteiger partial charge is 0.332 e. The van der Waals surface area contributed by atoms with E-state index in [0.717, 1.165) is 0 Å². The van der Waals surface area contributed by atoms with Crippen LogP contribution in [-0.2, 0) is 17.9 Å². The van der Waals surface area contributed by atoms with E-state index in [2.05, 4.69) is 15.1 Å². The third kappa shape index (κ3) is 4.66. The van der Waals surface area contributed by atoms with E-state index in [1.807, 2.05) is 13.8 Å². The van der Waals surface area contributed by atoms with Crippen molar-refractivity contribution in [3.8, 4) is 17.5 Å². The van der Waals surface area contributed by atoms with Gasteiger partial charge in [-0.1, -0.05) is 19.9 Å². The number of H-pyrrole nitrogens is 1. The van der Waals surface area contributed by atoms with Gasteiger partial charge in [0.25, 0.3) is 11.4 Å². The van der Waals surface area contributed by atoms with E-state index in [4.69, 9.17) is 9.26 Å². The van der Waals surface area contributed by atoms with Crippen LogP contribution in [0, 0.1) is 11.7 Å². The molecule has 4 heterocycles. The number of ether oxygens (including phenoxy) is 1. The highest BCUT2D eigenvalue weighted by Gasteiger charge is 2.31. The number of rotatable bonds is 9. The number of aromatic amines is 1. The largest absolute Gasteiger partial charge is 0.475 e. The zero-order chi connectivity index (χ0) is 26.1. The molecule has 5 rings (SSSR count). The molecule has 0 spiro atoms. The molecule has 1 aromatic carbocycles. The number of anilines is 1. The normalized spacial score (nSPS) is 15.7. The third-order valence-corrected chi connectivity index (χ3v) is 6.27. The third-order valence-electron chi connectivity index (χ3n) is 6.27. The molecule has 37 heavy (non-hydrogen) atoms. The fourth-order valence-electron chi connectivity index (χ4n) is 4.56. The van der Waals surface area contributed by atoms with Crippen LogP contribution < -0.4 is 20.9 Å². The van der Waals surface area contributed by atoms with E-state index >= 15 is 0 Å². The molecular weight excluding hydrogens is 483 g/mol. The van der Waals surface area contributed by atoms with Crippen LogP contribution in [0.2, 0.25) is 0 Å². The number of imidazole rings is 1. The van der Waals surface area contributed by atoms with Crippen molar-refractivity contribution in [3.05, 3.63) is 57.0 Å². The summed E-state index contributed by atoms with van der Waals surface area (Å²) in [5, 5.41) is 3.92. The van der Waals surface area contributed by atoms with Crippen molar-refractivity contribution in [2.75, 3.05) is 18.1 Å². The predicted molar refractivity (Wildman–Crippen MR) is 133 cm³/mol. The molecule has 4 aromatic rings. The molecule has 1 unspecified atom stereocenters. The van der Waals surface area contributed by atoms with Gasteiger partial charge in [-0.3, -0.25) is 18.7 Å². The van der Waals surface area contributed by atoms with E-state index in [1.54, 1.807) is 17.0 Å². The van der Waals surface area contributed by atoms with E-state index < -0.39 is 11.4 Å². The highest BCUT2D eigenvalue weighted by molar-refractivity contribution is 5.95. The molecule has 1 amide bonds. The Hall–Kier alpha value is -4.22. The average Bonchev–Trinajstić information content (AvgIpc) is 3.61. The number of amides is 1. The van der Waals surface area contributed by atoms with Crippen LogP contribution in [0.25, 0.3) is 22.7 Å². The number of benzene rings is 1. The summed E-state index contributed by atoms with van der Waals surface area (Å²) in [5.74, 6) is 0.0771. The lowest BCUT2D eigenvalue weighted by Crippen LogP contribution is -2.40. The van der Waals surface area contributed by atoms with Crippen LogP contribution in [0.1, 0.15) is 33.1 Å². The van der Waals surface area contributed by atoms with Gasteiger partial charge in [0.05, 0.1) is 12.7 Å². The summed E-state index contributed by atoms with van der Waals surface area (Å²) in [6.07, 6.45) is 1.61. The van der Waals surface area contributed by atoms with Gasteiger partial charge in [-0.2, -0.15) is 0 Å². The highest BCUT2D eigenvalue weighted by Crippen LogP contribution is 2.27. The average molecular weight is 511 g/mol. The number of carbonyl (C=O) groups excluding carboxylic acids is 1. The monoisotopic (exact) mass is 510 g/mol. The molecule has 12 heteroatoms. The van der Waals surface area contributed by atoms with Crippen molar-refractivity contribution < 1.29 is 18.4 Å². The number of aromatic nitrogens is 5. The van der Waals surface area contributed by atoms with Gasteiger partial charge in [-0.25, -0.2) is 14.2 Å². The van der Waals surface area contributed by atoms with Crippen molar-refractivity contribution >= 4 is 22.8 Å². The van der Waals surface area contributed by atoms with Crippen LogP contribution in [-0.4, -0.2) is 43.3 Å². The highest BCUT2D eigenvalue weighted by atomic mass is 19.1. The summed E-state index contributed by atoms with van der Waals surface area (Å²) in [7, 11) is 0. The summed E-state index contributed by atoms with van der Waals surface area (Å²) in [6, 6.07) is 7.45. The number of halogens is 1. The molecule has 1 atom stereocenters. The lowest BCUT2D eigenvalue weighted by atomic mass is 10.1. The number of aryl methyl sites for hydroxylation is 1. The van der Waals surface area contributed by atoms with Crippen LogP contribution in [0.5, 0.6) is 5.88 Å². The van der Waals surface area contributed by atoms with Crippen molar-refractivity contribution in [3.63, 3.8) is 0 Å². The fourth-order valence-corrected chi connectivity index (χ4v) is 4.56. The van der Waals surface area contributed by atoms with Crippen LogP contribution in [0.3, 0.4) is 0 Å². The molecule has 1 saturated heterocycles. The van der Waals surface area contributed by atoms with Gasteiger partial charge in [-0.05, 0) is 36.2 Å². The van der Waals surface area contributed by atoms with Gasteiger partial charge in [0, 0.05) is 37.7 Å². The van der Waals surface area contributed by atoms with Gasteiger partial charge >= 0.3 is 5.69 Å². The second-order valence-corrected chi connectivity index (χ2v) is 9.07. The minimum Gasteiger partial charge on any atom is -0.475 e. The minimum atomic E-state index is -0.433. The van der Waals surface area contributed by atoms with E-state index in [-0.39, 0.29) is 59.2 Å². The Morgan fingerprint density at radius 2 is 1.92 bits per heavy atom. The van der Waals surface area contributed by atoms with Gasteiger partial charge < -0.3 is 19.1 Å². The number of hydrogen-bond donors (Lipinski definition) is 1. The number of carbonyl (C=O) groups is 1. The maximum Gasteiger partial charge on any atom is 0.332 e. The minimum absolute atomic E-state index is 0.103. The molecule has 0 aliphatic carbocycles. The Kier molecular flexibility index (Phi) is 6.64. The van der Waals surface area contributed by atoms with Gasteiger partial charge in [0.2, 0.25) is 11.7 Å². The summed E-state index contributed by atoms with van der Waals surface area (Å²) in [6.45, 7) is 5.18. The SMILES string of the molecule is CCCn1c(=O)c2[nH]c(-c3cc(OCC4CC(=O)N(c5cccc(F)c5)C4)no3)nc2n(CCC)c1=O. The lowest BCUT2D eigenvalue weighted by Gasteiger charge is -2.16. The first-order valence-electron chi connectivity index (χ1n) is 12.3. The number of fused-ring (bicyclic) bond motifs is 1. The lowest BCUT2D eigenvalue weighted by molar-refractivity contribution is -0.117. The second-order valence-electron chi connectivity index (χ2n) is 9.07. The van der Waals surface area contributed by atoms with Crippen molar-refractivity contribution in [1.29, 1.82) is 0 Å². The quantitative estimate of drug-likeness (QED) is 0.367. The Balaban J connectivity index is 1.33. The molecule has 194 valence electrons. The van der Waals surface area contributed by atoms with Gasteiger partial charge in [0.1, 0.15) is 5.82 Å². The zero-order valence-electron chi connectivity index (χ0n) is 20.6. The van der Waals surface area contributed by atoms with Crippen molar-refractivity contribution in [1.82, 2.24) is 24.3 Å². The summed E-state index contributed by atoms with van der Waals surface area (Å²) in [4.78, 5) is 47.2. The Bertz CT molecular complexity index is 1570. The Morgan fingerprint density at radius 1 is 1.14 bits per heavy atom. The predicted octanol–water partition coefficient (Wildman–Crippen LogP) is 2.93. The molecule has 0 saturated carbocycles. The van der Waals surface area contributed by atoms with Crippen LogP contribution >= 0.6 is 0 Å². The number of nitrogens with one attached hydrogen (secondary N) is 1. The Morgan fingerprint density at radius 3 is 2.68 bits per heavy atom. The first-order chi connectivity index (χ1) is 17.9. The molecule has 0 radical (unpaired) electrons. The first-order valence-corrected chi connectivity index (χ1v) is 12.3. The fraction of sp³-hybridized carbons (Fsp3) is 0.400. The summed E-state index contributed by atoms with van der Waals surface area (Å²) < 4.78 is 27.4. The first kappa shape index (κ1) is 24.5. The molecule has 1 aliphatic heterocycles. The molecule has 1 fully saturated rings. The second kappa shape index (κ2) is 10.0. The van der Waals surface area contributed by atoms with E-state index in [9.17, 15) is 18.8 Å². The maximum absolute atomic E-state index is 13.6.